The van der Waals surface area contributed by atoms with E-state index in [0.717, 1.165) is 29.5 Å². The van der Waals surface area contributed by atoms with Crippen molar-refractivity contribution in [3.63, 3.8) is 0 Å². The summed E-state index contributed by atoms with van der Waals surface area (Å²) >= 11 is 6.57. The molecule has 0 spiro atoms. The zero-order valence-electron chi connectivity index (χ0n) is 17.2. The van der Waals surface area contributed by atoms with Gasteiger partial charge >= 0.3 is 0 Å². The number of aliphatic hydroxyl groups is 1. The molecule has 0 unspecified atom stereocenters. The van der Waals surface area contributed by atoms with Crippen LogP contribution in [0.1, 0.15) is 35.4 Å². The summed E-state index contributed by atoms with van der Waals surface area (Å²) in [7, 11) is 1.50. The summed E-state index contributed by atoms with van der Waals surface area (Å²) in [5, 5.41) is 17.0. The van der Waals surface area contributed by atoms with Crippen molar-refractivity contribution in [1.82, 2.24) is 5.16 Å². The van der Waals surface area contributed by atoms with E-state index in [1.54, 1.807) is 19.1 Å². The third kappa shape index (κ3) is 3.23. The lowest BCUT2D eigenvalue weighted by Gasteiger charge is -2.14. The van der Waals surface area contributed by atoms with Crippen molar-refractivity contribution in [1.29, 1.82) is 0 Å². The highest BCUT2D eigenvalue weighted by molar-refractivity contribution is 6.38. The third-order valence-electron chi connectivity index (χ3n) is 6.10. The Balaban J connectivity index is 1.61. The number of nitrogens with zero attached hydrogens (tertiary/aromatic N) is 1. The predicted molar refractivity (Wildman–Crippen MR) is 119 cm³/mol. The summed E-state index contributed by atoms with van der Waals surface area (Å²) < 4.78 is 10.9. The lowest BCUT2D eigenvalue weighted by Crippen LogP contribution is -2.11. The second-order valence-corrected chi connectivity index (χ2v) is 8.50. The van der Waals surface area contributed by atoms with Crippen LogP contribution in [0.2, 0.25) is 5.02 Å². The van der Waals surface area contributed by atoms with Crippen molar-refractivity contribution in [3.05, 3.63) is 70.1 Å². The van der Waals surface area contributed by atoms with E-state index in [4.69, 9.17) is 20.9 Å². The number of amides is 1. The molecule has 6 nitrogen and oxygen atoms in total. The van der Waals surface area contributed by atoms with E-state index in [2.05, 4.69) is 10.5 Å². The van der Waals surface area contributed by atoms with E-state index in [-0.39, 0.29) is 17.9 Å². The highest BCUT2D eigenvalue weighted by Gasteiger charge is 2.43. The predicted octanol–water partition coefficient (Wildman–Crippen LogP) is 4.79. The molecule has 0 atom stereocenters. The maximum atomic E-state index is 12.8. The molecule has 7 heteroatoms. The van der Waals surface area contributed by atoms with Gasteiger partial charge in [-0.15, -0.1) is 0 Å². The average Bonchev–Trinajstić information content (AvgIpc) is 3.36. The van der Waals surface area contributed by atoms with Crippen LogP contribution in [0.3, 0.4) is 0 Å². The van der Waals surface area contributed by atoms with Gasteiger partial charge in [0, 0.05) is 22.6 Å². The van der Waals surface area contributed by atoms with Gasteiger partial charge in [-0.1, -0.05) is 41.0 Å². The quantitative estimate of drug-likeness (QED) is 0.443. The Kier molecular flexibility index (Phi) is 4.64. The van der Waals surface area contributed by atoms with E-state index < -0.39 is 0 Å². The molecule has 2 aromatic carbocycles. The first-order valence-corrected chi connectivity index (χ1v) is 10.4. The molecule has 2 N–H and O–H groups in total. The van der Waals surface area contributed by atoms with Crippen molar-refractivity contribution in [3.8, 4) is 11.1 Å². The Morgan fingerprint density at radius 3 is 2.55 bits per heavy atom. The van der Waals surface area contributed by atoms with Crippen molar-refractivity contribution >= 4 is 34.5 Å². The Morgan fingerprint density at radius 1 is 1.23 bits per heavy atom. The first-order valence-electron chi connectivity index (χ1n) is 10.0. The first kappa shape index (κ1) is 19.8. The number of aromatic nitrogens is 1. The van der Waals surface area contributed by atoms with Crippen LogP contribution in [0.25, 0.3) is 22.5 Å². The molecule has 0 bridgehead atoms. The summed E-state index contributed by atoms with van der Waals surface area (Å²) in [4.78, 5) is 12.8. The summed E-state index contributed by atoms with van der Waals surface area (Å²) in [6.07, 6.45) is 2.01. The second-order valence-electron chi connectivity index (χ2n) is 8.09. The normalized spacial score (nSPS) is 17.9. The minimum Gasteiger partial charge on any atom is -0.492 e. The molecule has 1 saturated carbocycles. The third-order valence-corrected chi connectivity index (χ3v) is 6.41. The minimum atomic E-state index is -0.289. The number of carbonyl (C=O) groups excluding carboxylic acids is 1. The molecule has 2 heterocycles. The van der Waals surface area contributed by atoms with Gasteiger partial charge in [0.25, 0.3) is 5.91 Å². The fourth-order valence-corrected chi connectivity index (χ4v) is 4.40. The van der Waals surface area contributed by atoms with Crippen LogP contribution >= 0.6 is 11.6 Å². The van der Waals surface area contributed by atoms with E-state index in [0.29, 0.717) is 39.1 Å². The molecule has 1 aromatic heterocycles. The molecule has 1 fully saturated rings. The van der Waals surface area contributed by atoms with Crippen LogP contribution in [-0.4, -0.2) is 29.9 Å². The topological polar surface area (TPSA) is 84.6 Å². The molecule has 5 rings (SSSR count). The number of halogens is 1. The van der Waals surface area contributed by atoms with Gasteiger partial charge in [-0.25, -0.2) is 0 Å². The molecular formula is C24H21ClN2O4. The van der Waals surface area contributed by atoms with Gasteiger partial charge in [0.2, 0.25) is 5.76 Å². The number of anilines is 1. The van der Waals surface area contributed by atoms with E-state index in [1.165, 1.54) is 7.11 Å². The average molecular weight is 437 g/mol. The largest absolute Gasteiger partial charge is 0.492 e. The number of ether oxygens (including phenoxy) is 1. The van der Waals surface area contributed by atoms with Gasteiger partial charge < -0.3 is 19.7 Å². The minimum absolute atomic E-state index is 0.0882. The Labute approximate surface area is 184 Å². The molecule has 3 aromatic rings. The summed E-state index contributed by atoms with van der Waals surface area (Å²) in [6.45, 7) is 1.96. The molecule has 1 aliphatic heterocycles. The maximum absolute atomic E-state index is 12.8. The zero-order chi connectivity index (χ0) is 21.8. The Morgan fingerprint density at radius 2 is 1.97 bits per heavy atom. The van der Waals surface area contributed by atoms with E-state index >= 15 is 0 Å². The molecule has 1 aliphatic carbocycles. The molecule has 158 valence electrons. The number of aliphatic hydroxyl groups excluding tert-OH is 1. The van der Waals surface area contributed by atoms with Gasteiger partial charge in [0.1, 0.15) is 0 Å². The van der Waals surface area contributed by atoms with Crippen molar-refractivity contribution < 1.29 is 19.2 Å². The lowest BCUT2D eigenvalue weighted by atomic mass is 9.93. The number of carbonyl (C=O) groups is 1. The van der Waals surface area contributed by atoms with Gasteiger partial charge in [-0.05, 0) is 43.0 Å². The van der Waals surface area contributed by atoms with Crippen LogP contribution in [0.15, 0.2) is 47.0 Å². The van der Waals surface area contributed by atoms with Gasteiger partial charge in [0.05, 0.1) is 35.7 Å². The van der Waals surface area contributed by atoms with Crippen LogP contribution in [0, 0.1) is 6.92 Å². The van der Waals surface area contributed by atoms with Crippen LogP contribution in [-0.2, 0) is 14.9 Å². The molecule has 0 saturated heterocycles. The van der Waals surface area contributed by atoms with E-state index in [1.807, 2.05) is 30.3 Å². The number of hydrogen-bond donors (Lipinski definition) is 2. The summed E-state index contributed by atoms with van der Waals surface area (Å²) in [6, 6.07) is 13.5. The SMILES string of the molecule is COC(=C1C(=O)Nc2cc(Cl)c(-c3ccc(C4(CO)CC4)cc3)cc21)c1cc(C)no1. The number of hydrogen-bond acceptors (Lipinski definition) is 5. The Hall–Kier alpha value is -3.09. The monoisotopic (exact) mass is 436 g/mol. The molecule has 0 radical (unpaired) electrons. The van der Waals surface area contributed by atoms with Gasteiger partial charge in [-0.3, -0.25) is 4.79 Å². The molecule has 31 heavy (non-hydrogen) atoms. The van der Waals surface area contributed by atoms with Crippen LogP contribution in [0.5, 0.6) is 0 Å². The first-order chi connectivity index (χ1) is 15.0. The van der Waals surface area contributed by atoms with Crippen molar-refractivity contribution in [2.24, 2.45) is 0 Å². The maximum Gasteiger partial charge on any atom is 0.260 e. The number of fused-ring (bicyclic) bond motifs is 1. The van der Waals surface area contributed by atoms with E-state index in [9.17, 15) is 9.90 Å². The summed E-state index contributed by atoms with van der Waals surface area (Å²) in [5.74, 6) is 0.416. The number of methoxy groups -OCH3 is 1. The summed E-state index contributed by atoms with van der Waals surface area (Å²) in [5.41, 5.74) is 5.15. The second kappa shape index (κ2) is 7.25. The van der Waals surface area contributed by atoms with Crippen molar-refractivity contribution in [2.75, 3.05) is 19.0 Å². The highest BCUT2D eigenvalue weighted by Crippen LogP contribution is 2.48. The zero-order valence-corrected chi connectivity index (χ0v) is 17.9. The standard InChI is InChI=1S/C24H21ClN2O4/c1-13-9-20(31-27-13)22(30-2)21-17-10-16(18(25)11-19(17)26-23(21)29)14-3-5-15(6-4-14)24(12-28)7-8-24/h3-6,9-11,28H,7-8,12H2,1-2H3,(H,26,29). The molecular weight excluding hydrogens is 416 g/mol. The molecule has 2 aliphatic rings. The number of nitrogens with one attached hydrogen (secondary N) is 1. The highest BCUT2D eigenvalue weighted by atomic mass is 35.5. The Bertz CT molecular complexity index is 1220. The van der Waals surface area contributed by atoms with Crippen LogP contribution < -0.4 is 5.32 Å². The van der Waals surface area contributed by atoms with Crippen molar-refractivity contribution in [2.45, 2.75) is 25.2 Å². The smallest absolute Gasteiger partial charge is 0.260 e. The van der Waals surface area contributed by atoms with Gasteiger partial charge in [-0.2, -0.15) is 0 Å². The van der Waals surface area contributed by atoms with Gasteiger partial charge in [0.15, 0.2) is 5.76 Å². The number of benzene rings is 2. The number of aryl methyl sites for hydroxylation is 1. The number of rotatable bonds is 5. The fraction of sp³-hybridized carbons (Fsp3) is 0.250. The van der Waals surface area contributed by atoms with Crippen LogP contribution in [0.4, 0.5) is 5.69 Å². The molecule has 1 amide bonds. The lowest BCUT2D eigenvalue weighted by molar-refractivity contribution is -0.110. The fourth-order valence-electron chi connectivity index (χ4n) is 4.13.